The van der Waals surface area contributed by atoms with Crippen molar-refractivity contribution in [3.63, 3.8) is 0 Å². The van der Waals surface area contributed by atoms with Crippen molar-refractivity contribution in [3.05, 3.63) is 163 Å². The maximum absolute atomic E-state index is 6.68. The van der Waals surface area contributed by atoms with Gasteiger partial charge in [0.05, 0.1) is 38.8 Å². The van der Waals surface area contributed by atoms with E-state index in [1.165, 1.54) is 16.5 Å². The van der Waals surface area contributed by atoms with Gasteiger partial charge in [-0.15, -0.1) is 0 Å². The fourth-order valence-electron chi connectivity index (χ4n) is 7.55. The zero-order chi connectivity index (χ0) is 35.0. The van der Waals surface area contributed by atoms with E-state index < -0.39 is 0 Å². The Morgan fingerprint density at radius 1 is 0.519 bits per heavy atom. The molecule has 6 aromatic carbocycles. The van der Waals surface area contributed by atoms with Gasteiger partial charge in [-0.1, -0.05) is 93.6 Å². The van der Waals surface area contributed by atoms with E-state index in [-0.39, 0.29) is 5.41 Å². The van der Waals surface area contributed by atoms with Gasteiger partial charge in [0.2, 0.25) is 5.78 Å². The molecule has 4 aromatic heterocycles. The number of aromatic nitrogens is 5. The zero-order valence-corrected chi connectivity index (χ0v) is 29.2. The van der Waals surface area contributed by atoms with Crippen LogP contribution in [0.5, 0.6) is 11.5 Å². The topological polar surface area (TPSA) is 49.3 Å². The van der Waals surface area contributed by atoms with Gasteiger partial charge >= 0.3 is 0 Å². The predicted octanol–water partition coefficient (Wildman–Crippen LogP) is 11.7. The van der Waals surface area contributed by atoms with Gasteiger partial charge < -0.3 is 4.74 Å². The monoisotopic (exact) mass is 673 g/mol. The highest BCUT2D eigenvalue weighted by Gasteiger charge is 2.20. The molecule has 0 N–H and O–H groups in total. The molecular formula is C46H35N5O. The van der Waals surface area contributed by atoms with Gasteiger partial charge in [-0.25, -0.2) is 9.97 Å². The number of hydrogen-bond acceptors (Lipinski definition) is 3. The fourth-order valence-corrected chi connectivity index (χ4v) is 7.55. The maximum atomic E-state index is 6.68. The molecule has 250 valence electrons. The lowest BCUT2D eigenvalue weighted by Crippen LogP contribution is -2.12. The molecule has 0 saturated heterocycles. The highest BCUT2D eigenvalue weighted by molar-refractivity contribution is 6.09. The van der Waals surface area contributed by atoms with Crippen molar-refractivity contribution >= 4 is 49.7 Å². The maximum Gasteiger partial charge on any atom is 0.220 e. The lowest BCUT2D eigenvalue weighted by atomic mass is 9.88. The second-order valence-corrected chi connectivity index (χ2v) is 14.4. The standard InChI is InChI=1S/C46H35N5O/c1-46(2,3)32-24-25-47-44(27-32)50-39-18-9-7-16-36(39)37-22-21-35(29-42(37)50)52-34-15-11-14-33(28-34)49-41-23-20-31(30-12-5-4-6-13-30)26-43(41)51-40-19-10-8-17-38(40)48-45(49)51/h4-29H,1-3H3. The van der Waals surface area contributed by atoms with Crippen LogP contribution in [-0.4, -0.2) is 23.5 Å². The summed E-state index contributed by atoms with van der Waals surface area (Å²) in [6.45, 7) is 6.70. The van der Waals surface area contributed by atoms with Crippen LogP contribution >= 0.6 is 0 Å². The van der Waals surface area contributed by atoms with Gasteiger partial charge in [0.1, 0.15) is 17.3 Å². The summed E-state index contributed by atoms with van der Waals surface area (Å²) in [5.74, 6) is 3.24. The minimum atomic E-state index is -0.000337. The summed E-state index contributed by atoms with van der Waals surface area (Å²) in [4.78, 5) is 9.98. The molecule has 0 radical (unpaired) electrons. The molecule has 0 unspecified atom stereocenters. The van der Waals surface area contributed by atoms with Crippen LogP contribution in [0.4, 0.5) is 0 Å². The Hall–Kier alpha value is -6.66. The number of pyridine rings is 1. The van der Waals surface area contributed by atoms with E-state index in [0.29, 0.717) is 0 Å². The Kier molecular flexibility index (Phi) is 6.64. The Bertz CT molecular complexity index is 2980. The van der Waals surface area contributed by atoms with E-state index >= 15 is 0 Å². The molecule has 0 aliphatic carbocycles. The third-order valence-corrected chi connectivity index (χ3v) is 10.1. The van der Waals surface area contributed by atoms with Gasteiger partial charge in [0, 0.05) is 29.1 Å². The number of rotatable bonds is 5. The van der Waals surface area contributed by atoms with Gasteiger partial charge in [-0.2, -0.15) is 0 Å². The smallest absolute Gasteiger partial charge is 0.220 e. The number of fused-ring (bicyclic) bond motifs is 8. The minimum Gasteiger partial charge on any atom is -0.457 e. The number of ether oxygens (including phenoxy) is 1. The van der Waals surface area contributed by atoms with E-state index in [9.17, 15) is 0 Å². The number of para-hydroxylation sites is 3. The van der Waals surface area contributed by atoms with Crippen LogP contribution < -0.4 is 4.74 Å². The Labute approximate surface area is 300 Å². The molecule has 0 aliphatic rings. The average Bonchev–Trinajstić information content (AvgIpc) is 3.81. The van der Waals surface area contributed by atoms with Crippen molar-refractivity contribution in [1.29, 1.82) is 0 Å². The fraction of sp³-hybridized carbons (Fsp3) is 0.0870. The Morgan fingerprint density at radius 2 is 1.29 bits per heavy atom. The third kappa shape index (κ3) is 4.79. The molecule has 0 saturated carbocycles. The van der Waals surface area contributed by atoms with E-state index in [2.05, 4.69) is 168 Å². The van der Waals surface area contributed by atoms with Crippen LogP contribution in [0.1, 0.15) is 26.3 Å². The Balaban J connectivity index is 1.10. The normalized spacial score (nSPS) is 12.1. The zero-order valence-electron chi connectivity index (χ0n) is 29.2. The lowest BCUT2D eigenvalue weighted by Gasteiger charge is -2.20. The first-order valence-electron chi connectivity index (χ1n) is 17.7. The summed E-state index contributed by atoms with van der Waals surface area (Å²) >= 11 is 0. The molecule has 0 spiro atoms. The largest absolute Gasteiger partial charge is 0.457 e. The van der Waals surface area contributed by atoms with Crippen LogP contribution in [-0.2, 0) is 5.41 Å². The summed E-state index contributed by atoms with van der Waals surface area (Å²) in [5.41, 5.74) is 10.9. The molecule has 6 nitrogen and oxygen atoms in total. The predicted molar refractivity (Wildman–Crippen MR) is 212 cm³/mol. The first-order valence-corrected chi connectivity index (χ1v) is 17.7. The van der Waals surface area contributed by atoms with Gasteiger partial charge in [-0.05, 0) is 88.8 Å². The summed E-state index contributed by atoms with van der Waals surface area (Å²) < 4.78 is 13.4. The van der Waals surface area contributed by atoms with Crippen molar-refractivity contribution in [1.82, 2.24) is 23.5 Å². The van der Waals surface area contributed by atoms with Crippen LogP contribution in [0.3, 0.4) is 0 Å². The van der Waals surface area contributed by atoms with E-state index in [4.69, 9.17) is 14.7 Å². The van der Waals surface area contributed by atoms with Crippen LogP contribution in [0.25, 0.3) is 72.3 Å². The van der Waals surface area contributed by atoms with Crippen molar-refractivity contribution in [2.75, 3.05) is 0 Å². The molecule has 4 heterocycles. The number of hydrogen-bond donors (Lipinski definition) is 0. The minimum absolute atomic E-state index is 0.000337. The summed E-state index contributed by atoms with van der Waals surface area (Å²) in [5, 5.41) is 2.34. The van der Waals surface area contributed by atoms with Crippen LogP contribution in [0.15, 0.2) is 158 Å². The SMILES string of the molecule is CC(C)(C)c1ccnc(-n2c3ccccc3c3ccc(Oc4cccc(-n5c6ccc(-c7ccccc7)cc6n6c7ccccc7nc56)c4)cc32)c1. The summed E-state index contributed by atoms with van der Waals surface area (Å²) in [6.07, 6.45) is 1.91. The molecule has 10 rings (SSSR count). The molecule has 10 aromatic rings. The molecule has 0 fully saturated rings. The number of imidazole rings is 2. The number of nitrogens with zero attached hydrogens (tertiary/aromatic N) is 5. The molecule has 0 bridgehead atoms. The molecule has 0 amide bonds. The second-order valence-electron chi connectivity index (χ2n) is 14.4. The van der Waals surface area contributed by atoms with Crippen molar-refractivity contribution < 1.29 is 4.74 Å². The molecular weight excluding hydrogens is 639 g/mol. The van der Waals surface area contributed by atoms with Gasteiger partial charge in [-0.3, -0.25) is 13.5 Å². The number of benzene rings is 6. The quantitative estimate of drug-likeness (QED) is 0.183. The third-order valence-electron chi connectivity index (χ3n) is 10.1. The Morgan fingerprint density at radius 3 is 2.15 bits per heavy atom. The first-order chi connectivity index (χ1) is 25.4. The summed E-state index contributed by atoms with van der Waals surface area (Å²) in [7, 11) is 0. The van der Waals surface area contributed by atoms with Crippen molar-refractivity contribution in [3.8, 4) is 34.1 Å². The van der Waals surface area contributed by atoms with Crippen LogP contribution in [0.2, 0.25) is 0 Å². The molecule has 0 aliphatic heterocycles. The molecule has 0 atom stereocenters. The van der Waals surface area contributed by atoms with Gasteiger partial charge in [0.25, 0.3) is 0 Å². The summed E-state index contributed by atoms with van der Waals surface area (Å²) in [6, 6.07) is 52.9. The van der Waals surface area contributed by atoms with E-state index in [1.807, 2.05) is 24.4 Å². The highest BCUT2D eigenvalue weighted by atomic mass is 16.5. The van der Waals surface area contributed by atoms with E-state index in [1.54, 1.807) is 0 Å². The first kappa shape index (κ1) is 30.2. The molecule has 52 heavy (non-hydrogen) atoms. The molecule has 6 heteroatoms. The van der Waals surface area contributed by atoms with E-state index in [0.717, 1.165) is 72.8 Å². The van der Waals surface area contributed by atoms with Crippen LogP contribution in [0, 0.1) is 0 Å². The second kappa shape index (κ2) is 11.4. The van der Waals surface area contributed by atoms with Crippen molar-refractivity contribution in [2.45, 2.75) is 26.2 Å². The van der Waals surface area contributed by atoms with Crippen molar-refractivity contribution in [2.24, 2.45) is 0 Å². The van der Waals surface area contributed by atoms with Gasteiger partial charge in [0.15, 0.2) is 0 Å². The lowest BCUT2D eigenvalue weighted by molar-refractivity contribution is 0.483. The average molecular weight is 674 g/mol. The highest BCUT2D eigenvalue weighted by Crippen LogP contribution is 2.37.